The molecule has 0 aromatic heterocycles. The van der Waals surface area contributed by atoms with Gasteiger partial charge in [-0.05, 0) is 42.4 Å². The Morgan fingerprint density at radius 1 is 0.897 bits per heavy atom. The zero-order chi connectivity index (χ0) is 19.7. The number of hydrogen-bond acceptors (Lipinski definition) is 2. The Kier molecular flexibility index (Phi) is 4.77. The molecule has 5 rings (SSSR count). The summed E-state index contributed by atoms with van der Waals surface area (Å²) >= 11 is 0. The van der Waals surface area contributed by atoms with E-state index in [1.807, 2.05) is 0 Å². The van der Waals surface area contributed by atoms with Crippen molar-refractivity contribution in [3.8, 4) is 0 Å². The fourth-order valence-corrected chi connectivity index (χ4v) is 5.33. The maximum atomic E-state index is 6.70. The lowest BCUT2D eigenvalue weighted by Gasteiger charge is -2.40. The van der Waals surface area contributed by atoms with Crippen LogP contribution in [0.2, 0.25) is 0 Å². The summed E-state index contributed by atoms with van der Waals surface area (Å²) < 4.78 is 13.2. The van der Waals surface area contributed by atoms with Gasteiger partial charge in [0.25, 0.3) is 0 Å². The molecule has 0 spiro atoms. The standard InChI is InChI=1S/C27H28O2/c1-26(23-15-9-4-10-16-23)27(19-24(27)20-29-26)25(22-13-7-3-8-14-22)28-18-17-21-11-5-2-6-12-21/h2-16,24-25H,17-20H2,1H3/t24-,25-,26-,27-/m1/s1. The third kappa shape index (κ3) is 3.11. The summed E-state index contributed by atoms with van der Waals surface area (Å²) in [6.07, 6.45) is 2.11. The van der Waals surface area contributed by atoms with Crippen LogP contribution in [0.15, 0.2) is 91.0 Å². The van der Waals surface area contributed by atoms with E-state index in [4.69, 9.17) is 9.47 Å². The Bertz CT molecular complexity index is 940. The van der Waals surface area contributed by atoms with Crippen molar-refractivity contribution >= 4 is 0 Å². The lowest BCUT2D eigenvalue weighted by molar-refractivity contribution is -0.108. The van der Waals surface area contributed by atoms with E-state index in [1.54, 1.807) is 0 Å². The van der Waals surface area contributed by atoms with E-state index in [0.29, 0.717) is 12.5 Å². The van der Waals surface area contributed by atoms with Gasteiger partial charge in [-0.3, -0.25) is 0 Å². The highest BCUT2D eigenvalue weighted by Crippen LogP contribution is 2.74. The smallest absolute Gasteiger partial charge is 0.0991 e. The first-order valence-corrected chi connectivity index (χ1v) is 10.6. The van der Waals surface area contributed by atoms with Gasteiger partial charge in [-0.1, -0.05) is 91.0 Å². The average Bonchev–Trinajstić information content (AvgIpc) is 3.45. The SMILES string of the molecule is C[C@]1(c2ccccc2)OC[C@H]2C[C@]21[C@H](OCCc1ccccc1)c1ccccc1. The molecule has 0 bridgehead atoms. The Morgan fingerprint density at radius 2 is 1.52 bits per heavy atom. The highest BCUT2D eigenvalue weighted by molar-refractivity contribution is 5.36. The Morgan fingerprint density at radius 3 is 2.17 bits per heavy atom. The molecular weight excluding hydrogens is 356 g/mol. The largest absolute Gasteiger partial charge is 0.372 e. The van der Waals surface area contributed by atoms with Crippen LogP contribution in [0.5, 0.6) is 0 Å². The third-order valence-electron chi connectivity index (χ3n) is 7.03. The van der Waals surface area contributed by atoms with Crippen LogP contribution in [0.4, 0.5) is 0 Å². The van der Waals surface area contributed by atoms with Crippen LogP contribution in [-0.2, 0) is 21.5 Å². The molecule has 3 aromatic carbocycles. The number of hydrogen-bond donors (Lipinski definition) is 0. The minimum atomic E-state index is -0.327. The molecule has 1 aliphatic heterocycles. The molecule has 0 N–H and O–H groups in total. The molecule has 2 nitrogen and oxygen atoms in total. The first-order valence-electron chi connectivity index (χ1n) is 10.6. The molecule has 148 valence electrons. The van der Waals surface area contributed by atoms with Crippen molar-refractivity contribution in [1.29, 1.82) is 0 Å². The molecular formula is C27H28O2. The topological polar surface area (TPSA) is 18.5 Å². The van der Waals surface area contributed by atoms with Crippen LogP contribution in [0.25, 0.3) is 0 Å². The zero-order valence-electron chi connectivity index (χ0n) is 17.0. The summed E-state index contributed by atoms with van der Waals surface area (Å²) in [5.41, 5.74) is 3.50. The van der Waals surface area contributed by atoms with E-state index in [-0.39, 0.29) is 17.1 Å². The Balaban J connectivity index is 1.46. The summed E-state index contributed by atoms with van der Waals surface area (Å²) in [6.45, 7) is 3.80. The summed E-state index contributed by atoms with van der Waals surface area (Å²) in [4.78, 5) is 0. The minimum absolute atomic E-state index is 0.00755. The molecule has 0 radical (unpaired) electrons. The second-order valence-electron chi connectivity index (χ2n) is 8.55. The number of rotatable bonds is 7. The predicted molar refractivity (Wildman–Crippen MR) is 116 cm³/mol. The van der Waals surface area contributed by atoms with Crippen molar-refractivity contribution in [2.24, 2.45) is 11.3 Å². The number of benzene rings is 3. The van der Waals surface area contributed by atoms with Gasteiger partial charge >= 0.3 is 0 Å². The van der Waals surface area contributed by atoms with Gasteiger partial charge in [0.2, 0.25) is 0 Å². The molecule has 1 heterocycles. The van der Waals surface area contributed by atoms with Gasteiger partial charge < -0.3 is 9.47 Å². The maximum Gasteiger partial charge on any atom is 0.0991 e. The maximum absolute atomic E-state index is 6.70. The lowest BCUT2D eigenvalue weighted by atomic mass is 9.74. The highest BCUT2D eigenvalue weighted by atomic mass is 16.5. The molecule has 29 heavy (non-hydrogen) atoms. The van der Waals surface area contributed by atoms with Crippen molar-refractivity contribution in [2.45, 2.75) is 31.5 Å². The number of ether oxygens (including phenoxy) is 2. The number of fused-ring (bicyclic) bond motifs is 1. The van der Waals surface area contributed by atoms with Crippen molar-refractivity contribution in [3.05, 3.63) is 108 Å². The molecule has 0 unspecified atom stereocenters. The summed E-state index contributed by atoms with van der Waals surface area (Å²) in [5.74, 6) is 0.551. The first kappa shape index (κ1) is 18.6. The molecule has 4 atom stereocenters. The Labute approximate surface area is 173 Å². The van der Waals surface area contributed by atoms with Crippen LogP contribution in [0, 0.1) is 11.3 Å². The van der Waals surface area contributed by atoms with Gasteiger partial charge in [0.1, 0.15) is 0 Å². The van der Waals surface area contributed by atoms with E-state index >= 15 is 0 Å². The van der Waals surface area contributed by atoms with Gasteiger partial charge in [-0.2, -0.15) is 0 Å². The molecule has 2 heteroatoms. The van der Waals surface area contributed by atoms with Gasteiger partial charge in [-0.15, -0.1) is 0 Å². The Hall–Kier alpha value is -2.42. The summed E-state index contributed by atoms with van der Waals surface area (Å²) in [6, 6.07) is 32.0. The summed E-state index contributed by atoms with van der Waals surface area (Å²) in [7, 11) is 0. The molecule has 0 amide bonds. The van der Waals surface area contributed by atoms with Crippen molar-refractivity contribution < 1.29 is 9.47 Å². The molecule has 2 fully saturated rings. The third-order valence-corrected chi connectivity index (χ3v) is 7.03. The van der Waals surface area contributed by atoms with Crippen LogP contribution in [0.1, 0.15) is 36.1 Å². The van der Waals surface area contributed by atoms with E-state index in [2.05, 4.69) is 97.9 Å². The van der Waals surface area contributed by atoms with E-state index in [9.17, 15) is 0 Å². The quantitative estimate of drug-likeness (QED) is 0.502. The second kappa shape index (κ2) is 7.44. The van der Waals surface area contributed by atoms with Crippen molar-refractivity contribution in [2.75, 3.05) is 13.2 Å². The van der Waals surface area contributed by atoms with Gasteiger partial charge in [-0.25, -0.2) is 0 Å². The summed E-state index contributed by atoms with van der Waals surface area (Å²) in [5, 5.41) is 0. The van der Waals surface area contributed by atoms with E-state index < -0.39 is 0 Å². The van der Waals surface area contributed by atoms with Gasteiger partial charge in [0.05, 0.1) is 24.9 Å². The second-order valence-corrected chi connectivity index (χ2v) is 8.55. The molecule has 1 aliphatic carbocycles. The molecule has 3 aromatic rings. The van der Waals surface area contributed by atoms with Crippen molar-refractivity contribution in [1.82, 2.24) is 0 Å². The zero-order valence-corrected chi connectivity index (χ0v) is 17.0. The van der Waals surface area contributed by atoms with Crippen LogP contribution >= 0.6 is 0 Å². The van der Waals surface area contributed by atoms with Gasteiger partial charge in [0, 0.05) is 5.41 Å². The lowest BCUT2D eigenvalue weighted by Crippen LogP contribution is -2.38. The predicted octanol–water partition coefficient (Wildman–Crippen LogP) is 5.94. The van der Waals surface area contributed by atoms with Crippen LogP contribution < -0.4 is 0 Å². The highest BCUT2D eigenvalue weighted by Gasteiger charge is 2.74. The average molecular weight is 385 g/mol. The normalized spacial score (nSPS) is 28.7. The van der Waals surface area contributed by atoms with Crippen LogP contribution in [-0.4, -0.2) is 13.2 Å². The van der Waals surface area contributed by atoms with Crippen LogP contribution in [0.3, 0.4) is 0 Å². The molecule has 2 aliphatic rings. The molecule has 1 saturated carbocycles. The van der Waals surface area contributed by atoms with Gasteiger partial charge in [0.15, 0.2) is 0 Å². The van der Waals surface area contributed by atoms with E-state index in [0.717, 1.165) is 19.4 Å². The fourth-order valence-electron chi connectivity index (χ4n) is 5.33. The molecule has 1 saturated heterocycles. The fraction of sp³-hybridized carbons (Fsp3) is 0.333. The van der Waals surface area contributed by atoms with E-state index in [1.165, 1.54) is 16.7 Å². The first-order chi connectivity index (χ1) is 14.2. The minimum Gasteiger partial charge on any atom is -0.372 e. The monoisotopic (exact) mass is 384 g/mol. The van der Waals surface area contributed by atoms with Crippen molar-refractivity contribution in [3.63, 3.8) is 0 Å².